The molecule has 0 bridgehead atoms. The van der Waals surface area contributed by atoms with Crippen molar-refractivity contribution in [1.82, 2.24) is 30.3 Å². The van der Waals surface area contributed by atoms with Gasteiger partial charge in [-0.15, -0.1) is 16.8 Å². The number of hydrogen-bond acceptors (Lipinski definition) is 4. The normalized spacial score (nSPS) is 12.8. The van der Waals surface area contributed by atoms with Gasteiger partial charge < -0.3 is 15.2 Å². The maximum atomic E-state index is 6.51. The van der Waals surface area contributed by atoms with Gasteiger partial charge in [0.05, 0.1) is 6.04 Å². The van der Waals surface area contributed by atoms with Crippen molar-refractivity contribution in [3.63, 3.8) is 0 Å². The first-order valence-corrected chi connectivity index (χ1v) is 10.4. The van der Waals surface area contributed by atoms with E-state index in [2.05, 4.69) is 57.2 Å². The van der Waals surface area contributed by atoms with Crippen LogP contribution in [0.4, 0.5) is 0 Å². The van der Waals surface area contributed by atoms with Crippen molar-refractivity contribution in [3.8, 4) is 0 Å². The smallest absolute Gasteiger partial charge is 0.192 e. The summed E-state index contributed by atoms with van der Waals surface area (Å²) >= 11 is 6.51. The number of hydrogen-bond donors (Lipinski definition) is 2. The van der Waals surface area contributed by atoms with Gasteiger partial charge in [0.2, 0.25) is 0 Å². The largest absolute Gasteiger partial charge is 0.354 e. The highest BCUT2D eigenvalue weighted by molar-refractivity contribution is 6.31. The van der Waals surface area contributed by atoms with Gasteiger partial charge >= 0.3 is 0 Å². The number of rotatable bonds is 10. The average Bonchev–Trinajstić information content (AvgIpc) is 3.05. The Morgan fingerprint density at radius 2 is 2.00 bits per heavy atom. The fraction of sp³-hybridized carbons (Fsp3) is 0.476. The first-order chi connectivity index (χ1) is 14.0. The molecule has 1 aromatic carbocycles. The Bertz CT molecular complexity index is 811. The lowest BCUT2D eigenvalue weighted by molar-refractivity contribution is 0.219. The van der Waals surface area contributed by atoms with E-state index in [1.165, 1.54) is 0 Å². The van der Waals surface area contributed by atoms with E-state index in [0.717, 1.165) is 35.3 Å². The lowest BCUT2D eigenvalue weighted by Gasteiger charge is -2.31. The van der Waals surface area contributed by atoms with E-state index >= 15 is 0 Å². The van der Waals surface area contributed by atoms with Crippen LogP contribution in [0, 0.1) is 6.92 Å². The molecule has 1 aromatic heterocycles. The monoisotopic (exact) mass is 417 g/mol. The van der Waals surface area contributed by atoms with E-state index in [1.54, 1.807) is 6.08 Å². The number of likely N-dealkylation sites (N-methyl/N-ethyl adjacent to an activating group) is 1. The standard InChI is InChI=1S/C21H32ClN7/c1-6-13-23-21(25-15-20-27-26-16(4)28(20)5)24-14-19(29(7-2)8-3)17-11-9-10-12-18(17)22/h6,9-12,19H,1,7-8,13-15H2,2-5H3,(H2,23,24,25). The zero-order valence-electron chi connectivity index (χ0n) is 17.8. The van der Waals surface area contributed by atoms with E-state index in [9.17, 15) is 0 Å². The molecule has 29 heavy (non-hydrogen) atoms. The second-order valence-electron chi connectivity index (χ2n) is 6.70. The quantitative estimate of drug-likeness (QED) is 0.353. The third kappa shape index (κ3) is 6.30. The van der Waals surface area contributed by atoms with E-state index in [4.69, 9.17) is 11.6 Å². The molecule has 7 nitrogen and oxygen atoms in total. The minimum Gasteiger partial charge on any atom is -0.354 e. The maximum absolute atomic E-state index is 6.51. The summed E-state index contributed by atoms with van der Waals surface area (Å²) in [7, 11) is 1.94. The molecule has 0 fully saturated rings. The van der Waals surface area contributed by atoms with Gasteiger partial charge in [-0.3, -0.25) is 4.90 Å². The molecule has 0 spiro atoms. The highest BCUT2D eigenvalue weighted by atomic mass is 35.5. The number of aryl methyl sites for hydroxylation is 1. The molecule has 0 radical (unpaired) electrons. The number of halogens is 1. The van der Waals surface area contributed by atoms with Gasteiger partial charge in [-0.05, 0) is 31.6 Å². The van der Waals surface area contributed by atoms with Crippen molar-refractivity contribution in [3.05, 3.63) is 59.2 Å². The lowest BCUT2D eigenvalue weighted by atomic mass is 10.0. The zero-order chi connectivity index (χ0) is 21.2. The first-order valence-electron chi connectivity index (χ1n) is 9.98. The lowest BCUT2D eigenvalue weighted by Crippen LogP contribution is -2.43. The Hall–Kier alpha value is -2.38. The van der Waals surface area contributed by atoms with Crippen LogP contribution in [0.5, 0.6) is 0 Å². The number of aliphatic imine (C=N–C) groups is 1. The Kier molecular flexibility index (Phi) is 9.15. The van der Waals surface area contributed by atoms with Gasteiger partial charge in [0.25, 0.3) is 0 Å². The van der Waals surface area contributed by atoms with Gasteiger partial charge in [0.1, 0.15) is 12.4 Å². The highest BCUT2D eigenvalue weighted by Crippen LogP contribution is 2.26. The number of nitrogens with zero attached hydrogens (tertiary/aromatic N) is 5. The minimum absolute atomic E-state index is 0.131. The number of aromatic nitrogens is 3. The first kappa shape index (κ1) is 22.9. The Morgan fingerprint density at radius 1 is 1.28 bits per heavy atom. The summed E-state index contributed by atoms with van der Waals surface area (Å²) < 4.78 is 1.94. The molecule has 2 aromatic rings. The third-order valence-corrected chi connectivity index (χ3v) is 5.30. The van der Waals surface area contributed by atoms with Crippen LogP contribution < -0.4 is 10.6 Å². The minimum atomic E-state index is 0.131. The topological polar surface area (TPSA) is 70.4 Å². The van der Waals surface area contributed by atoms with Crippen molar-refractivity contribution >= 4 is 17.6 Å². The van der Waals surface area contributed by atoms with E-state index < -0.39 is 0 Å². The second-order valence-corrected chi connectivity index (χ2v) is 7.10. The van der Waals surface area contributed by atoms with Gasteiger partial charge in [0, 0.05) is 25.2 Å². The average molecular weight is 418 g/mol. The summed E-state index contributed by atoms with van der Waals surface area (Å²) in [6.07, 6.45) is 1.81. The molecule has 0 aliphatic heterocycles. The predicted octanol–water partition coefficient (Wildman–Crippen LogP) is 3.08. The van der Waals surface area contributed by atoms with Gasteiger partial charge in [-0.2, -0.15) is 0 Å². The van der Waals surface area contributed by atoms with Crippen LogP contribution in [0.25, 0.3) is 0 Å². The molecule has 0 amide bonds. The Morgan fingerprint density at radius 3 is 2.59 bits per heavy atom. The van der Waals surface area contributed by atoms with Crippen LogP contribution in [0.1, 0.15) is 37.1 Å². The second kappa shape index (κ2) is 11.6. The van der Waals surface area contributed by atoms with Gasteiger partial charge in [-0.25, -0.2) is 4.99 Å². The number of guanidine groups is 1. The summed E-state index contributed by atoms with van der Waals surface area (Å²) in [6, 6.07) is 8.14. The summed E-state index contributed by atoms with van der Waals surface area (Å²) in [6.45, 7) is 13.6. The van der Waals surface area contributed by atoms with Crippen LogP contribution in [-0.4, -0.2) is 51.8 Å². The van der Waals surface area contributed by atoms with E-state index in [0.29, 0.717) is 25.6 Å². The summed E-state index contributed by atoms with van der Waals surface area (Å²) in [5.41, 5.74) is 1.11. The fourth-order valence-electron chi connectivity index (χ4n) is 3.12. The molecule has 0 saturated carbocycles. The van der Waals surface area contributed by atoms with Crippen LogP contribution in [-0.2, 0) is 13.6 Å². The third-order valence-electron chi connectivity index (χ3n) is 4.96. The molecule has 1 heterocycles. The molecular formula is C21H32ClN7. The summed E-state index contributed by atoms with van der Waals surface area (Å²) in [4.78, 5) is 7.06. The van der Waals surface area contributed by atoms with Crippen LogP contribution in [0.3, 0.4) is 0 Å². The van der Waals surface area contributed by atoms with Crippen molar-refractivity contribution < 1.29 is 0 Å². The molecule has 1 atom stereocenters. The van der Waals surface area contributed by atoms with Crippen LogP contribution >= 0.6 is 11.6 Å². The van der Waals surface area contributed by atoms with Gasteiger partial charge in [-0.1, -0.05) is 49.7 Å². The molecule has 0 aliphatic rings. The number of nitrogens with one attached hydrogen (secondary N) is 2. The molecule has 158 valence electrons. The van der Waals surface area contributed by atoms with E-state index in [1.807, 2.05) is 36.7 Å². The van der Waals surface area contributed by atoms with Crippen molar-refractivity contribution in [2.24, 2.45) is 12.0 Å². The van der Waals surface area contributed by atoms with Crippen molar-refractivity contribution in [2.75, 3.05) is 26.2 Å². The zero-order valence-corrected chi connectivity index (χ0v) is 18.6. The van der Waals surface area contributed by atoms with Gasteiger partial charge in [0.15, 0.2) is 11.8 Å². The SMILES string of the molecule is C=CCNC(=NCc1nnc(C)n1C)NCC(c1ccccc1Cl)N(CC)CC. The van der Waals surface area contributed by atoms with Crippen molar-refractivity contribution in [2.45, 2.75) is 33.4 Å². The predicted molar refractivity (Wildman–Crippen MR) is 120 cm³/mol. The van der Waals surface area contributed by atoms with Crippen LogP contribution in [0.15, 0.2) is 41.9 Å². The highest BCUT2D eigenvalue weighted by Gasteiger charge is 2.20. The summed E-state index contributed by atoms with van der Waals surface area (Å²) in [5, 5.41) is 15.8. The molecule has 0 aliphatic carbocycles. The van der Waals surface area contributed by atoms with Crippen LogP contribution in [0.2, 0.25) is 5.02 Å². The fourth-order valence-corrected chi connectivity index (χ4v) is 3.38. The molecule has 1 unspecified atom stereocenters. The number of benzene rings is 1. The molecular weight excluding hydrogens is 386 g/mol. The molecule has 0 saturated heterocycles. The summed E-state index contributed by atoms with van der Waals surface area (Å²) in [5.74, 6) is 2.38. The van der Waals surface area contributed by atoms with E-state index in [-0.39, 0.29) is 6.04 Å². The molecule has 2 N–H and O–H groups in total. The molecule has 8 heteroatoms. The Balaban J connectivity index is 2.18. The molecule has 2 rings (SSSR count). The maximum Gasteiger partial charge on any atom is 0.192 e. The Labute approximate surface area is 178 Å². The van der Waals surface area contributed by atoms with Crippen molar-refractivity contribution in [1.29, 1.82) is 0 Å².